The third kappa shape index (κ3) is 6.16. The average Bonchev–Trinajstić information content (AvgIpc) is 2.88. The van der Waals surface area contributed by atoms with E-state index in [0.717, 1.165) is 12.3 Å². The molecule has 0 bridgehead atoms. The molecule has 2 amide bonds. The molecular weight excluding hydrogens is 586 g/mol. The normalized spacial score (nSPS) is 19.3. The lowest BCUT2D eigenvalue weighted by Gasteiger charge is -2.40. The molecule has 0 saturated carbocycles. The zero-order valence-corrected chi connectivity index (χ0v) is 24.9. The minimum Gasteiger partial charge on any atom is -0.506 e. The van der Waals surface area contributed by atoms with E-state index in [4.69, 9.17) is 0 Å². The maximum Gasteiger partial charge on any atom is 0.286 e. The first kappa shape index (κ1) is 30.7. The molecule has 4 rings (SSSR count). The Labute approximate surface area is 243 Å². The van der Waals surface area contributed by atoms with E-state index in [9.17, 15) is 36.3 Å². The van der Waals surface area contributed by atoms with Crippen LogP contribution in [0.2, 0.25) is 0 Å². The van der Waals surface area contributed by atoms with Crippen molar-refractivity contribution >= 4 is 60.6 Å². The van der Waals surface area contributed by atoms with Gasteiger partial charge in [-0.15, -0.1) is 4.40 Å². The fourth-order valence-electron chi connectivity index (χ4n) is 4.83. The van der Waals surface area contributed by atoms with E-state index in [1.54, 1.807) is 18.2 Å². The summed E-state index contributed by atoms with van der Waals surface area (Å²) < 4.78 is 55.8. The topological polar surface area (TPSA) is 200 Å². The molecule has 0 aromatic heterocycles. The van der Waals surface area contributed by atoms with Gasteiger partial charge < -0.3 is 21.1 Å². The highest BCUT2D eigenvalue weighted by Gasteiger charge is 2.50. The molecule has 1 unspecified atom stereocenters. The van der Waals surface area contributed by atoms with Crippen molar-refractivity contribution in [3.8, 4) is 0 Å². The van der Waals surface area contributed by atoms with Gasteiger partial charge in [0.05, 0.1) is 18.5 Å². The van der Waals surface area contributed by atoms with Gasteiger partial charge in [0.15, 0.2) is 11.6 Å². The first-order valence-electron chi connectivity index (χ1n) is 12.9. The Kier molecular flexibility index (Phi) is 8.20. The number of amidine groups is 1. The molecule has 1 aliphatic carbocycles. The van der Waals surface area contributed by atoms with Crippen LogP contribution in [0.1, 0.15) is 44.7 Å². The summed E-state index contributed by atoms with van der Waals surface area (Å²) in [5.41, 5.74) is -1.70. The van der Waals surface area contributed by atoms with Crippen LogP contribution in [0.5, 0.6) is 0 Å². The maximum atomic E-state index is 14.4. The van der Waals surface area contributed by atoms with Crippen molar-refractivity contribution in [2.24, 2.45) is 10.3 Å². The third-order valence-corrected chi connectivity index (χ3v) is 8.63. The van der Waals surface area contributed by atoms with Crippen molar-refractivity contribution in [2.75, 3.05) is 22.8 Å². The van der Waals surface area contributed by atoms with E-state index in [1.807, 2.05) is 13.8 Å². The number of hydrogen-bond donors (Lipinski definition) is 5. The Morgan fingerprint density at radius 2 is 1.83 bits per heavy atom. The fourth-order valence-corrected chi connectivity index (χ4v) is 6.53. The lowest BCUT2D eigenvalue weighted by molar-refractivity contribution is -0.131. The van der Waals surface area contributed by atoms with Gasteiger partial charge in [0.2, 0.25) is 21.8 Å². The Balaban J connectivity index is 1.86. The largest absolute Gasteiger partial charge is 0.506 e. The number of aliphatic hydroxyl groups excluding tert-OH is 1. The number of sulfonamides is 2. The van der Waals surface area contributed by atoms with Crippen LogP contribution in [0.15, 0.2) is 57.3 Å². The van der Waals surface area contributed by atoms with E-state index in [1.165, 1.54) is 25.1 Å². The van der Waals surface area contributed by atoms with Crippen LogP contribution in [0.4, 0.5) is 11.4 Å². The monoisotopic (exact) mass is 617 g/mol. The minimum atomic E-state index is -4.49. The molecule has 2 aromatic rings. The SMILES string of the molecule is CC(=O)NCC(=O)NC1(CCC(C)C)C(=O)C(C2=NS(=O)(=O)c3cc(NS(C)(=O)=O)ccc3N2)=C(O)c2ccccc21. The van der Waals surface area contributed by atoms with Gasteiger partial charge in [0.25, 0.3) is 10.0 Å². The van der Waals surface area contributed by atoms with E-state index in [2.05, 4.69) is 25.1 Å². The highest BCUT2D eigenvalue weighted by Crippen LogP contribution is 2.43. The molecule has 0 spiro atoms. The second kappa shape index (κ2) is 11.2. The predicted octanol–water partition coefficient (Wildman–Crippen LogP) is 2.01. The number of aliphatic hydroxyl groups is 1. The molecular formula is C27H31N5O8S2. The number of anilines is 2. The third-order valence-electron chi connectivity index (χ3n) is 6.70. The zero-order valence-electron chi connectivity index (χ0n) is 23.3. The molecule has 0 saturated heterocycles. The molecule has 0 fully saturated rings. The summed E-state index contributed by atoms with van der Waals surface area (Å²) in [6.07, 6.45) is 1.48. The summed E-state index contributed by atoms with van der Waals surface area (Å²) in [5, 5.41) is 19.3. The van der Waals surface area contributed by atoms with Crippen LogP contribution < -0.4 is 20.7 Å². The summed E-state index contributed by atoms with van der Waals surface area (Å²) in [5.74, 6) is -2.81. The number of Topliss-reactive ketones (excluding diaryl/α,β-unsaturated/α-hetero) is 1. The average molecular weight is 618 g/mol. The number of hydrogen-bond acceptors (Lipinski definition) is 9. The van der Waals surface area contributed by atoms with Crippen molar-refractivity contribution < 1.29 is 36.3 Å². The molecule has 15 heteroatoms. The Bertz CT molecular complexity index is 1760. The van der Waals surface area contributed by atoms with E-state index in [-0.39, 0.29) is 34.2 Å². The van der Waals surface area contributed by atoms with E-state index in [0.29, 0.717) is 12.0 Å². The van der Waals surface area contributed by atoms with Crippen LogP contribution in [-0.2, 0) is 40.0 Å². The van der Waals surface area contributed by atoms with Crippen molar-refractivity contribution in [1.82, 2.24) is 10.6 Å². The molecule has 1 aliphatic heterocycles. The number of rotatable bonds is 9. The maximum absolute atomic E-state index is 14.4. The number of carbonyl (C=O) groups is 3. The molecule has 2 aromatic carbocycles. The van der Waals surface area contributed by atoms with E-state index >= 15 is 0 Å². The highest BCUT2D eigenvalue weighted by atomic mass is 32.2. The first-order valence-corrected chi connectivity index (χ1v) is 16.2. The predicted molar refractivity (Wildman–Crippen MR) is 157 cm³/mol. The lowest BCUT2D eigenvalue weighted by Crippen LogP contribution is -2.57. The van der Waals surface area contributed by atoms with Crippen LogP contribution in [0, 0.1) is 5.92 Å². The summed E-state index contributed by atoms with van der Waals surface area (Å²) >= 11 is 0. The number of nitrogens with one attached hydrogen (secondary N) is 4. The molecule has 42 heavy (non-hydrogen) atoms. The van der Waals surface area contributed by atoms with E-state index < -0.39 is 66.9 Å². The molecule has 224 valence electrons. The molecule has 0 radical (unpaired) electrons. The Morgan fingerprint density at radius 1 is 1.14 bits per heavy atom. The molecule has 13 nitrogen and oxygen atoms in total. The fraction of sp³-hybridized carbons (Fsp3) is 0.333. The van der Waals surface area contributed by atoms with Gasteiger partial charge in [-0.25, -0.2) is 8.42 Å². The van der Waals surface area contributed by atoms with Gasteiger partial charge in [-0.2, -0.15) is 8.42 Å². The summed E-state index contributed by atoms with van der Waals surface area (Å²) in [4.78, 5) is 38.6. The Morgan fingerprint density at radius 3 is 2.48 bits per heavy atom. The van der Waals surface area contributed by atoms with Gasteiger partial charge in [0, 0.05) is 18.2 Å². The van der Waals surface area contributed by atoms with Crippen LogP contribution in [0.25, 0.3) is 5.76 Å². The van der Waals surface area contributed by atoms with Gasteiger partial charge in [-0.05, 0) is 42.5 Å². The first-order chi connectivity index (χ1) is 19.5. The van der Waals surface area contributed by atoms with Gasteiger partial charge in [-0.1, -0.05) is 38.1 Å². The summed E-state index contributed by atoms with van der Waals surface area (Å²) in [6, 6.07) is 10.1. The van der Waals surface area contributed by atoms with Crippen molar-refractivity contribution in [3.63, 3.8) is 0 Å². The zero-order chi connectivity index (χ0) is 31.0. The number of fused-ring (bicyclic) bond motifs is 2. The molecule has 2 aliphatic rings. The lowest BCUT2D eigenvalue weighted by atomic mass is 9.71. The number of nitrogens with zero attached hydrogens (tertiary/aromatic N) is 1. The second-order valence-electron chi connectivity index (χ2n) is 10.5. The number of carbonyl (C=O) groups excluding carboxylic acids is 3. The second-order valence-corrected chi connectivity index (χ2v) is 13.8. The molecule has 1 atom stereocenters. The van der Waals surface area contributed by atoms with Crippen molar-refractivity contribution in [3.05, 3.63) is 59.2 Å². The van der Waals surface area contributed by atoms with Gasteiger partial charge in [0.1, 0.15) is 21.8 Å². The van der Waals surface area contributed by atoms with Crippen molar-refractivity contribution in [1.29, 1.82) is 0 Å². The highest BCUT2D eigenvalue weighted by molar-refractivity contribution is 7.92. The van der Waals surface area contributed by atoms with Crippen LogP contribution >= 0.6 is 0 Å². The molecule has 5 N–H and O–H groups in total. The summed E-state index contributed by atoms with van der Waals surface area (Å²) in [6.45, 7) is 4.70. The van der Waals surface area contributed by atoms with Gasteiger partial charge >= 0.3 is 0 Å². The molecule has 1 heterocycles. The minimum absolute atomic E-state index is 0.00603. The van der Waals surface area contributed by atoms with Crippen LogP contribution in [0.3, 0.4) is 0 Å². The Hall–Kier alpha value is -4.24. The number of amides is 2. The standard InChI is InChI=1S/C27H31N5O8S2/c1-15(2)11-12-27(30-22(34)14-28-16(3)33)19-8-6-5-7-18(19)24(35)23(25(27)36)26-29-20-10-9-17(31-41(4,37)38)13-21(20)42(39,40)32-26/h5-10,13,15,31,35H,11-12,14H2,1-4H3,(H,28,33)(H,29,32)(H,30,34). The van der Waals surface area contributed by atoms with Crippen molar-refractivity contribution in [2.45, 2.75) is 44.0 Å². The number of benzene rings is 2. The smallest absolute Gasteiger partial charge is 0.286 e. The quantitative estimate of drug-likeness (QED) is 0.279. The number of ketones is 1. The summed E-state index contributed by atoms with van der Waals surface area (Å²) in [7, 11) is -8.19. The van der Waals surface area contributed by atoms with Gasteiger partial charge in [-0.3, -0.25) is 19.1 Å². The van der Waals surface area contributed by atoms with Crippen LogP contribution in [-0.4, -0.2) is 58.2 Å².